The van der Waals surface area contributed by atoms with Crippen molar-refractivity contribution in [1.29, 1.82) is 0 Å². The van der Waals surface area contributed by atoms with E-state index < -0.39 is 0 Å². The number of nitrogen functional groups attached to an aromatic ring is 1. The topological polar surface area (TPSA) is 60.9 Å². The lowest BCUT2D eigenvalue weighted by Gasteiger charge is -2.08. The van der Waals surface area contributed by atoms with Gasteiger partial charge in [0.15, 0.2) is 0 Å². The van der Waals surface area contributed by atoms with E-state index in [1.165, 1.54) is 4.57 Å². The maximum Gasteiger partial charge on any atom is 0.347 e. The van der Waals surface area contributed by atoms with Crippen molar-refractivity contribution in [2.45, 2.75) is 13.5 Å². The molecule has 0 fully saturated rings. The van der Waals surface area contributed by atoms with Crippen LogP contribution in [0.3, 0.4) is 0 Å². The average Bonchev–Trinajstić information content (AvgIpc) is 2.27. The van der Waals surface area contributed by atoms with Crippen molar-refractivity contribution < 1.29 is 0 Å². The summed E-state index contributed by atoms with van der Waals surface area (Å²) in [5.74, 6) is 0. The Balaban J connectivity index is 2.38. The van der Waals surface area contributed by atoms with Gasteiger partial charge in [-0.3, -0.25) is 4.57 Å². The van der Waals surface area contributed by atoms with E-state index in [2.05, 4.69) is 4.98 Å². The standard InChI is InChI=1S/C12H12ClN3O/c1-8-5-15-12(17)16(6-8)7-9-2-3-10(14)4-11(9)13/h2-6H,7,14H2,1H3. The molecule has 17 heavy (non-hydrogen) atoms. The molecule has 0 unspecified atom stereocenters. The predicted molar refractivity (Wildman–Crippen MR) is 68.2 cm³/mol. The van der Waals surface area contributed by atoms with Gasteiger partial charge in [-0.1, -0.05) is 17.7 Å². The monoisotopic (exact) mass is 249 g/mol. The minimum absolute atomic E-state index is 0.288. The number of hydrogen-bond donors (Lipinski definition) is 1. The van der Waals surface area contributed by atoms with E-state index in [0.717, 1.165) is 11.1 Å². The zero-order chi connectivity index (χ0) is 12.4. The largest absolute Gasteiger partial charge is 0.399 e. The lowest BCUT2D eigenvalue weighted by molar-refractivity contribution is 0.721. The number of rotatable bonds is 2. The zero-order valence-electron chi connectivity index (χ0n) is 9.35. The molecule has 2 rings (SSSR count). The van der Waals surface area contributed by atoms with E-state index in [0.29, 0.717) is 17.3 Å². The minimum atomic E-state index is -0.288. The molecule has 0 aliphatic rings. The van der Waals surface area contributed by atoms with Crippen molar-refractivity contribution in [2.24, 2.45) is 0 Å². The first-order chi connectivity index (χ1) is 8.06. The Hall–Kier alpha value is -1.81. The molecule has 0 saturated heterocycles. The molecule has 0 bridgehead atoms. The number of anilines is 1. The van der Waals surface area contributed by atoms with Crippen molar-refractivity contribution in [1.82, 2.24) is 9.55 Å². The summed E-state index contributed by atoms with van der Waals surface area (Å²) in [4.78, 5) is 15.3. The first-order valence-corrected chi connectivity index (χ1v) is 5.51. The summed E-state index contributed by atoms with van der Waals surface area (Å²) in [6.07, 6.45) is 3.30. The summed E-state index contributed by atoms with van der Waals surface area (Å²) in [6, 6.07) is 5.24. The van der Waals surface area contributed by atoms with Crippen LogP contribution in [-0.4, -0.2) is 9.55 Å². The number of benzene rings is 1. The van der Waals surface area contributed by atoms with Crippen LogP contribution in [0.25, 0.3) is 0 Å². The third-order valence-corrected chi connectivity index (χ3v) is 2.75. The number of aromatic nitrogens is 2. The Bertz CT molecular complexity index is 607. The Morgan fingerprint density at radius 2 is 2.24 bits per heavy atom. The highest BCUT2D eigenvalue weighted by molar-refractivity contribution is 6.31. The molecule has 0 aliphatic heterocycles. The summed E-state index contributed by atoms with van der Waals surface area (Å²) >= 11 is 6.06. The first-order valence-electron chi connectivity index (χ1n) is 5.13. The molecule has 2 aromatic rings. The van der Waals surface area contributed by atoms with Crippen LogP contribution in [0.5, 0.6) is 0 Å². The molecule has 5 heteroatoms. The molecule has 1 aromatic heterocycles. The second kappa shape index (κ2) is 4.59. The minimum Gasteiger partial charge on any atom is -0.399 e. The Morgan fingerprint density at radius 1 is 1.47 bits per heavy atom. The van der Waals surface area contributed by atoms with E-state index in [-0.39, 0.29) is 5.69 Å². The molecule has 0 saturated carbocycles. The van der Waals surface area contributed by atoms with Gasteiger partial charge in [-0.15, -0.1) is 0 Å². The summed E-state index contributed by atoms with van der Waals surface area (Å²) in [5, 5.41) is 0.554. The molecule has 1 heterocycles. The number of hydrogen-bond acceptors (Lipinski definition) is 3. The average molecular weight is 250 g/mol. The van der Waals surface area contributed by atoms with E-state index >= 15 is 0 Å². The van der Waals surface area contributed by atoms with Crippen LogP contribution in [0, 0.1) is 6.92 Å². The van der Waals surface area contributed by atoms with Gasteiger partial charge < -0.3 is 5.73 Å². The van der Waals surface area contributed by atoms with Crippen LogP contribution in [0.4, 0.5) is 5.69 Å². The quantitative estimate of drug-likeness (QED) is 0.826. The van der Waals surface area contributed by atoms with Crippen molar-refractivity contribution in [3.8, 4) is 0 Å². The maximum absolute atomic E-state index is 11.5. The van der Waals surface area contributed by atoms with Gasteiger partial charge in [0.25, 0.3) is 0 Å². The Morgan fingerprint density at radius 3 is 2.94 bits per heavy atom. The molecule has 0 atom stereocenters. The molecule has 0 aliphatic carbocycles. The predicted octanol–water partition coefficient (Wildman–Crippen LogP) is 1.84. The van der Waals surface area contributed by atoms with Crippen molar-refractivity contribution >= 4 is 17.3 Å². The highest BCUT2D eigenvalue weighted by Gasteiger charge is 2.04. The number of halogens is 1. The van der Waals surface area contributed by atoms with Crippen molar-refractivity contribution in [3.63, 3.8) is 0 Å². The van der Waals surface area contributed by atoms with E-state index in [9.17, 15) is 4.79 Å². The maximum atomic E-state index is 11.5. The molecular weight excluding hydrogens is 238 g/mol. The van der Waals surface area contributed by atoms with Gasteiger partial charge in [0.1, 0.15) is 0 Å². The third kappa shape index (κ3) is 2.65. The SMILES string of the molecule is Cc1cnc(=O)n(Cc2ccc(N)cc2Cl)c1. The van der Waals surface area contributed by atoms with Crippen LogP contribution < -0.4 is 11.4 Å². The Labute approximate surface area is 104 Å². The lowest BCUT2D eigenvalue weighted by atomic mass is 10.2. The van der Waals surface area contributed by atoms with E-state index in [4.69, 9.17) is 17.3 Å². The number of nitrogens with two attached hydrogens (primary N) is 1. The summed E-state index contributed by atoms with van der Waals surface area (Å²) in [7, 11) is 0. The Kier molecular flexibility index (Phi) is 3.15. The van der Waals surface area contributed by atoms with Gasteiger partial charge in [0.05, 0.1) is 6.54 Å². The molecule has 0 spiro atoms. The van der Waals surface area contributed by atoms with Gasteiger partial charge in [-0.05, 0) is 30.2 Å². The smallest absolute Gasteiger partial charge is 0.347 e. The van der Waals surface area contributed by atoms with Gasteiger partial charge in [0, 0.05) is 23.1 Å². The van der Waals surface area contributed by atoms with Gasteiger partial charge in [0.2, 0.25) is 0 Å². The molecule has 0 amide bonds. The normalized spacial score (nSPS) is 10.5. The fourth-order valence-electron chi connectivity index (χ4n) is 1.55. The van der Waals surface area contributed by atoms with Crippen LogP contribution in [0.1, 0.15) is 11.1 Å². The molecule has 88 valence electrons. The van der Waals surface area contributed by atoms with Crippen molar-refractivity contribution in [2.75, 3.05) is 5.73 Å². The van der Waals surface area contributed by atoms with Crippen LogP contribution >= 0.6 is 11.6 Å². The van der Waals surface area contributed by atoms with Crippen molar-refractivity contribution in [3.05, 3.63) is 57.2 Å². The fraction of sp³-hybridized carbons (Fsp3) is 0.167. The van der Waals surface area contributed by atoms with Crippen LogP contribution in [-0.2, 0) is 6.54 Å². The number of aryl methyl sites for hydroxylation is 1. The fourth-order valence-corrected chi connectivity index (χ4v) is 1.80. The van der Waals surface area contributed by atoms with E-state index in [1.807, 2.05) is 13.0 Å². The number of nitrogens with zero attached hydrogens (tertiary/aromatic N) is 2. The molecular formula is C12H12ClN3O. The molecule has 0 radical (unpaired) electrons. The van der Waals surface area contributed by atoms with E-state index in [1.54, 1.807) is 24.5 Å². The highest BCUT2D eigenvalue weighted by Crippen LogP contribution is 2.19. The zero-order valence-corrected chi connectivity index (χ0v) is 10.1. The highest BCUT2D eigenvalue weighted by atomic mass is 35.5. The lowest BCUT2D eigenvalue weighted by Crippen LogP contribution is -2.23. The van der Waals surface area contributed by atoms with Crippen LogP contribution in [0.2, 0.25) is 5.02 Å². The second-order valence-electron chi connectivity index (χ2n) is 3.89. The molecule has 4 nitrogen and oxygen atoms in total. The van der Waals surface area contributed by atoms with Gasteiger partial charge >= 0.3 is 5.69 Å². The second-order valence-corrected chi connectivity index (χ2v) is 4.30. The summed E-state index contributed by atoms with van der Waals surface area (Å²) in [5.41, 5.74) is 7.70. The summed E-state index contributed by atoms with van der Waals surface area (Å²) < 4.78 is 1.52. The van der Waals surface area contributed by atoms with Gasteiger partial charge in [-0.25, -0.2) is 9.78 Å². The third-order valence-electron chi connectivity index (χ3n) is 2.40. The first kappa shape index (κ1) is 11.7. The molecule has 2 N–H and O–H groups in total. The summed E-state index contributed by atoms with van der Waals surface area (Å²) in [6.45, 7) is 2.28. The van der Waals surface area contributed by atoms with Crippen LogP contribution in [0.15, 0.2) is 35.4 Å². The molecule has 1 aromatic carbocycles. The van der Waals surface area contributed by atoms with Gasteiger partial charge in [-0.2, -0.15) is 0 Å².